The van der Waals surface area contributed by atoms with E-state index in [1.165, 1.54) is 0 Å². The average molecular weight is 292 g/mol. The van der Waals surface area contributed by atoms with Gasteiger partial charge >= 0.3 is 11.9 Å². The summed E-state index contributed by atoms with van der Waals surface area (Å²) in [4.78, 5) is 24.0. The van der Waals surface area contributed by atoms with Crippen molar-refractivity contribution in [3.63, 3.8) is 0 Å². The predicted octanol–water partition coefficient (Wildman–Crippen LogP) is 3.85. The molecule has 116 valence electrons. The van der Waals surface area contributed by atoms with Crippen LogP contribution < -0.4 is 0 Å². The van der Waals surface area contributed by atoms with Crippen molar-refractivity contribution in [2.45, 2.75) is 40.0 Å². The first kappa shape index (κ1) is 17.2. The second-order valence-electron chi connectivity index (χ2n) is 5.35. The molecule has 0 N–H and O–H groups in total. The molecule has 0 amide bonds. The SMILES string of the molecule is CCCCOC(=O)c1ccccc1C(=O)OCCC(C)C. The molecule has 4 nitrogen and oxygen atoms in total. The zero-order chi connectivity index (χ0) is 15.7. The number of esters is 2. The monoisotopic (exact) mass is 292 g/mol. The molecule has 0 atom stereocenters. The minimum atomic E-state index is -0.473. The molecule has 21 heavy (non-hydrogen) atoms. The van der Waals surface area contributed by atoms with Crippen molar-refractivity contribution in [1.82, 2.24) is 0 Å². The van der Waals surface area contributed by atoms with Crippen molar-refractivity contribution in [3.05, 3.63) is 35.4 Å². The summed E-state index contributed by atoms with van der Waals surface area (Å²) >= 11 is 0. The number of unbranched alkanes of at least 4 members (excludes halogenated alkanes) is 1. The fraction of sp³-hybridized carbons (Fsp3) is 0.529. The number of carbonyl (C=O) groups is 2. The molecule has 0 aliphatic rings. The third kappa shape index (κ3) is 5.98. The zero-order valence-electron chi connectivity index (χ0n) is 13.1. The molecule has 4 heteroatoms. The van der Waals surface area contributed by atoms with E-state index in [-0.39, 0.29) is 11.1 Å². The molecule has 0 heterocycles. The summed E-state index contributed by atoms with van der Waals surface area (Å²) in [5, 5.41) is 0. The van der Waals surface area contributed by atoms with Crippen LogP contribution in [0.25, 0.3) is 0 Å². The topological polar surface area (TPSA) is 52.6 Å². The second-order valence-corrected chi connectivity index (χ2v) is 5.35. The van der Waals surface area contributed by atoms with E-state index in [1.54, 1.807) is 24.3 Å². The van der Waals surface area contributed by atoms with Crippen LogP contribution in [0.15, 0.2) is 24.3 Å². The molecule has 0 bridgehead atoms. The summed E-state index contributed by atoms with van der Waals surface area (Å²) < 4.78 is 10.4. The molecule has 0 aliphatic heterocycles. The van der Waals surface area contributed by atoms with E-state index in [9.17, 15) is 9.59 Å². The van der Waals surface area contributed by atoms with Crippen molar-refractivity contribution in [3.8, 4) is 0 Å². The zero-order valence-corrected chi connectivity index (χ0v) is 13.1. The second kappa shape index (κ2) is 9.16. The van der Waals surface area contributed by atoms with Crippen LogP contribution in [-0.4, -0.2) is 25.2 Å². The van der Waals surface area contributed by atoms with Gasteiger partial charge in [0.1, 0.15) is 0 Å². The lowest BCUT2D eigenvalue weighted by molar-refractivity contribution is 0.0446. The number of benzene rings is 1. The van der Waals surface area contributed by atoms with Crippen LogP contribution in [0.5, 0.6) is 0 Å². The molecule has 1 rings (SSSR count). The number of ether oxygens (including phenoxy) is 2. The minimum absolute atomic E-state index is 0.266. The molecule has 0 radical (unpaired) electrons. The Morgan fingerprint density at radius 1 is 1.00 bits per heavy atom. The standard InChI is InChI=1S/C17H24O4/c1-4-5-11-20-16(18)14-8-6-7-9-15(14)17(19)21-12-10-13(2)3/h6-9,13H,4-5,10-12H2,1-3H3. The molecule has 1 aromatic rings. The summed E-state index contributed by atoms with van der Waals surface area (Å²) in [6.45, 7) is 6.87. The van der Waals surface area contributed by atoms with Gasteiger partial charge in [0, 0.05) is 0 Å². The molecular weight excluding hydrogens is 268 g/mol. The van der Waals surface area contributed by atoms with E-state index in [1.807, 2.05) is 6.92 Å². The van der Waals surface area contributed by atoms with Gasteiger partial charge in [-0.1, -0.05) is 39.3 Å². The van der Waals surface area contributed by atoms with Crippen LogP contribution in [0.3, 0.4) is 0 Å². The van der Waals surface area contributed by atoms with Gasteiger partial charge in [0.05, 0.1) is 24.3 Å². The highest BCUT2D eigenvalue weighted by molar-refractivity contribution is 6.03. The Kier molecular flexibility index (Phi) is 7.51. The van der Waals surface area contributed by atoms with Gasteiger partial charge in [0.2, 0.25) is 0 Å². The van der Waals surface area contributed by atoms with Gasteiger partial charge < -0.3 is 9.47 Å². The molecule has 1 aromatic carbocycles. The van der Waals surface area contributed by atoms with Gasteiger partial charge in [-0.15, -0.1) is 0 Å². The van der Waals surface area contributed by atoms with Crippen molar-refractivity contribution >= 4 is 11.9 Å². The van der Waals surface area contributed by atoms with Crippen LogP contribution in [0.2, 0.25) is 0 Å². The molecule has 0 aromatic heterocycles. The fourth-order valence-corrected chi connectivity index (χ4v) is 1.69. The van der Waals surface area contributed by atoms with E-state index >= 15 is 0 Å². The van der Waals surface area contributed by atoms with Gasteiger partial charge in [-0.25, -0.2) is 9.59 Å². The van der Waals surface area contributed by atoms with Gasteiger partial charge in [-0.3, -0.25) is 0 Å². The molecular formula is C17H24O4. The Hall–Kier alpha value is -1.84. The largest absolute Gasteiger partial charge is 0.462 e. The average Bonchev–Trinajstić information content (AvgIpc) is 2.47. The highest BCUT2D eigenvalue weighted by atomic mass is 16.5. The first-order valence-electron chi connectivity index (χ1n) is 7.49. The normalized spacial score (nSPS) is 10.5. The molecule has 0 unspecified atom stereocenters. The Morgan fingerprint density at radius 3 is 2.00 bits per heavy atom. The van der Waals surface area contributed by atoms with E-state index < -0.39 is 11.9 Å². The summed E-state index contributed by atoms with van der Waals surface area (Å²) in [6.07, 6.45) is 2.56. The van der Waals surface area contributed by atoms with Gasteiger partial charge in [-0.05, 0) is 30.9 Å². The maximum absolute atomic E-state index is 12.1. The lowest BCUT2D eigenvalue weighted by Crippen LogP contribution is -2.15. The van der Waals surface area contributed by atoms with Gasteiger partial charge in [-0.2, -0.15) is 0 Å². The highest BCUT2D eigenvalue weighted by Gasteiger charge is 2.18. The minimum Gasteiger partial charge on any atom is -0.462 e. The lowest BCUT2D eigenvalue weighted by Gasteiger charge is -2.10. The maximum atomic E-state index is 12.1. The Morgan fingerprint density at radius 2 is 1.52 bits per heavy atom. The van der Waals surface area contributed by atoms with Crippen LogP contribution in [-0.2, 0) is 9.47 Å². The van der Waals surface area contributed by atoms with Crippen molar-refractivity contribution in [1.29, 1.82) is 0 Å². The van der Waals surface area contributed by atoms with E-state index in [0.29, 0.717) is 19.1 Å². The number of hydrogen-bond acceptors (Lipinski definition) is 4. The fourth-order valence-electron chi connectivity index (χ4n) is 1.69. The quantitative estimate of drug-likeness (QED) is 0.539. The van der Waals surface area contributed by atoms with Gasteiger partial charge in [0.15, 0.2) is 0 Å². The molecule has 0 spiro atoms. The Labute approximate surface area is 126 Å². The van der Waals surface area contributed by atoms with Crippen molar-refractivity contribution in [2.24, 2.45) is 5.92 Å². The van der Waals surface area contributed by atoms with Crippen molar-refractivity contribution < 1.29 is 19.1 Å². The molecule has 0 saturated heterocycles. The predicted molar refractivity (Wildman–Crippen MR) is 81.4 cm³/mol. The van der Waals surface area contributed by atoms with Crippen LogP contribution in [0.4, 0.5) is 0 Å². The smallest absolute Gasteiger partial charge is 0.339 e. The van der Waals surface area contributed by atoms with E-state index in [2.05, 4.69) is 13.8 Å². The number of rotatable bonds is 8. The lowest BCUT2D eigenvalue weighted by atomic mass is 10.1. The summed E-state index contributed by atoms with van der Waals surface area (Å²) in [6, 6.07) is 6.60. The first-order chi connectivity index (χ1) is 10.1. The summed E-state index contributed by atoms with van der Waals surface area (Å²) in [7, 11) is 0. The third-order valence-electron chi connectivity index (χ3n) is 3.03. The summed E-state index contributed by atoms with van der Waals surface area (Å²) in [5.74, 6) is -0.481. The highest BCUT2D eigenvalue weighted by Crippen LogP contribution is 2.13. The number of carbonyl (C=O) groups excluding carboxylic acids is 2. The Bertz CT molecular complexity index is 466. The number of hydrogen-bond donors (Lipinski definition) is 0. The summed E-state index contributed by atoms with van der Waals surface area (Å²) in [5.41, 5.74) is 0.533. The van der Waals surface area contributed by atoms with Gasteiger partial charge in [0.25, 0.3) is 0 Å². The Balaban J connectivity index is 2.69. The third-order valence-corrected chi connectivity index (χ3v) is 3.03. The van der Waals surface area contributed by atoms with Crippen LogP contribution in [0, 0.1) is 5.92 Å². The maximum Gasteiger partial charge on any atom is 0.339 e. The molecule has 0 saturated carbocycles. The van der Waals surface area contributed by atoms with E-state index in [4.69, 9.17) is 9.47 Å². The molecule has 0 aliphatic carbocycles. The molecule has 0 fully saturated rings. The van der Waals surface area contributed by atoms with Crippen LogP contribution in [0.1, 0.15) is 60.7 Å². The van der Waals surface area contributed by atoms with E-state index in [0.717, 1.165) is 19.3 Å². The van der Waals surface area contributed by atoms with Crippen molar-refractivity contribution in [2.75, 3.05) is 13.2 Å². The van der Waals surface area contributed by atoms with Crippen LogP contribution >= 0.6 is 0 Å². The first-order valence-corrected chi connectivity index (χ1v) is 7.49.